The number of hydrogen-bond donors (Lipinski definition) is 1. The third-order valence-electron chi connectivity index (χ3n) is 3.64. The van der Waals surface area contributed by atoms with E-state index in [1.54, 1.807) is 0 Å². The van der Waals surface area contributed by atoms with Crippen LogP contribution >= 0.6 is 11.8 Å². The van der Waals surface area contributed by atoms with Crippen molar-refractivity contribution in [3.63, 3.8) is 0 Å². The van der Waals surface area contributed by atoms with Gasteiger partial charge < -0.3 is 10.2 Å². The Labute approximate surface area is 136 Å². The molecule has 1 atom stereocenters. The molecule has 1 aliphatic rings. The zero-order chi connectivity index (χ0) is 16.3. The number of nitrogens with zero attached hydrogens (tertiary/aromatic N) is 1. The van der Waals surface area contributed by atoms with Crippen LogP contribution in [0, 0.1) is 6.92 Å². The van der Waals surface area contributed by atoms with Crippen LogP contribution in [-0.4, -0.2) is 50.9 Å². The fraction of sp³-hybridized carbons (Fsp3) is 0.533. The van der Waals surface area contributed by atoms with Gasteiger partial charge in [0.1, 0.15) is 0 Å². The number of carbonyl (C=O) groups excluding carboxylic acids is 1. The quantitative estimate of drug-likeness (QED) is 0.885. The minimum atomic E-state index is -2.88. The largest absolute Gasteiger partial charge is 0.378 e. The molecule has 22 heavy (non-hydrogen) atoms. The van der Waals surface area contributed by atoms with Gasteiger partial charge in [0.15, 0.2) is 9.84 Å². The Morgan fingerprint density at radius 1 is 1.41 bits per heavy atom. The Morgan fingerprint density at radius 3 is 2.68 bits per heavy atom. The Bertz CT molecular complexity index is 657. The first-order valence-corrected chi connectivity index (χ1v) is 10.0. The molecule has 0 aromatic heterocycles. The van der Waals surface area contributed by atoms with E-state index in [9.17, 15) is 13.2 Å². The first-order chi connectivity index (χ1) is 10.3. The third kappa shape index (κ3) is 4.64. The average Bonchev–Trinajstić information content (AvgIpc) is 2.78. The molecule has 1 aliphatic heterocycles. The van der Waals surface area contributed by atoms with Crippen molar-refractivity contribution in [1.29, 1.82) is 0 Å². The predicted molar refractivity (Wildman–Crippen MR) is 93.7 cm³/mol. The third-order valence-corrected chi connectivity index (χ3v) is 6.92. The lowest BCUT2D eigenvalue weighted by Crippen LogP contribution is -2.18. The van der Waals surface area contributed by atoms with Crippen LogP contribution in [-0.2, 0) is 14.6 Å². The van der Waals surface area contributed by atoms with Crippen LogP contribution in [0.1, 0.15) is 12.0 Å². The summed E-state index contributed by atoms with van der Waals surface area (Å²) in [6.45, 7) is 1.96. The molecule has 122 valence electrons. The Hall–Kier alpha value is -1.21. The summed E-state index contributed by atoms with van der Waals surface area (Å²) in [5, 5.41) is 2.94. The van der Waals surface area contributed by atoms with Gasteiger partial charge in [-0.25, -0.2) is 8.42 Å². The molecule has 0 unspecified atom stereocenters. The van der Waals surface area contributed by atoms with Gasteiger partial charge in [0, 0.05) is 30.7 Å². The van der Waals surface area contributed by atoms with E-state index >= 15 is 0 Å². The fourth-order valence-corrected chi connectivity index (χ4v) is 5.78. The number of aryl methyl sites for hydroxylation is 1. The maximum absolute atomic E-state index is 12.0. The molecule has 1 N–H and O–H groups in total. The summed E-state index contributed by atoms with van der Waals surface area (Å²) in [5.41, 5.74) is 2.89. The molecule has 5 nitrogen and oxygen atoms in total. The molecular weight excluding hydrogens is 320 g/mol. The number of sulfone groups is 1. The molecule has 1 saturated heterocycles. The summed E-state index contributed by atoms with van der Waals surface area (Å²) in [6.07, 6.45) is 0.650. The maximum atomic E-state index is 12.0. The van der Waals surface area contributed by atoms with E-state index in [1.807, 2.05) is 44.1 Å². The molecule has 1 aromatic rings. The number of nitrogens with one attached hydrogen (secondary N) is 1. The average molecular weight is 342 g/mol. The van der Waals surface area contributed by atoms with Crippen LogP contribution in [0.5, 0.6) is 0 Å². The normalized spacial score (nSPS) is 19.9. The van der Waals surface area contributed by atoms with E-state index in [4.69, 9.17) is 0 Å². The van der Waals surface area contributed by atoms with Gasteiger partial charge >= 0.3 is 0 Å². The number of carbonyl (C=O) groups is 1. The number of hydrogen-bond acceptors (Lipinski definition) is 5. The van der Waals surface area contributed by atoms with Crippen molar-refractivity contribution in [2.75, 3.05) is 41.6 Å². The molecule has 1 aromatic carbocycles. The zero-order valence-electron chi connectivity index (χ0n) is 13.1. The highest BCUT2D eigenvalue weighted by Crippen LogP contribution is 2.25. The smallest absolute Gasteiger partial charge is 0.234 e. The lowest BCUT2D eigenvalue weighted by atomic mass is 10.1. The molecule has 0 spiro atoms. The number of benzene rings is 1. The maximum Gasteiger partial charge on any atom is 0.234 e. The first kappa shape index (κ1) is 17.1. The van der Waals surface area contributed by atoms with Crippen molar-refractivity contribution in [3.8, 4) is 0 Å². The van der Waals surface area contributed by atoms with Crippen LogP contribution in [0.4, 0.5) is 11.4 Å². The second kappa shape index (κ2) is 6.91. The van der Waals surface area contributed by atoms with Gasteiger partial charge in [-0.15, -0.1) is 11.8 Å². The summed E-state index contributed by atoms with van der Waals surface area (Å²) in [7, 11) is 1.06. The molecule has 0 radical (unpaired) electrons. The lowest BCUT2D eigenvalue weighted by molar-refractivity contribution is -0.113. The highest BCUT2D eigenvalue weighted by atomic mass is 32.2. The van der Waals surface area contributed by atoms with E-state index in [2.05, 4.69) is 5.32 Å². The molecule has 0 bridgehead atoms. The van der Waals surface area contributed by atoms with E-state index in [-0.39, 0.29) is 28.4 Å². The molecule has 0 saturated carbocycles. The number of amides is 1. The molecule has 1 amide bonds. The summed E-state index contributed by atoms with van der Waals surface area (Å²) in [4.78, 5) is 14.0. The van der Waals surface area contributed by atoms with Gasteiger partial charge in [0.05, 0.1) is 17.3 Å². The van der Waals surface area contributed by atoms with Crippen molar-refractivity contribution in [1.82, 2.24) is 0 Å². The van der Waals surface area contributed by atoms with Gasteiger partial charge in [-0.2, -0.15) is 0 Å². The Morgan fingerprint density at radius 2 is 2.14 bits per heavy atom. The lowest BCUT2D eigenvalue weighted by Gasteiger charge is -2.15. The first-order valence-electron chi connectivity index (χ1n) is 7.17. The zero-order valence-corrected chi connectivity index (χ0v) is 14.8. The minimum Gasteiger partial charge on any atom is -0.378 e. The monoisotopic (exact) mass is 342 g/mol. The molecule has 1 fully saturated rings. The second-order valence-corrected chi connectivity index (χ2v) is 9.30. The van der Waals surface area contributed by atoms with E-state index < -0.39 is 9.84 Å². The Balaban J connectivity index is 1.87. The standard InChI is InChI=1S/C15H22N2O3S2/c1-11-8-12(17(2)3)4-5-14(11)16-15(18)9-21-13-6-7-22(19,20)10-13/h4-5,8,13H,6-7,9-10H2,1-3H3,(H,16,18)/t13-/m0/s1. The molecule has 2 rings (SSSR count). The van der Waals surface area contributed by atoms with Crippen LogP contribution in [0.15, 0.2) is 18.2 Å². The fourth-order valence-electron chi connectivity index (χ4n) is 2.34. The topological polar surface area (TPSA) is 66.5 Å². The van der Waals surface area contributed by atoms with Crippen molar-refractivity contribution >= 4 is 38.9 Å². The summed E-state index contributed by atoms with van der Waals surface area (Å²) >= 11 is 1.43. The summed E-state index contributed by atoms with van der Waals surface area (Å²) in [6, 6.07) is 5.87. The van der Waals surface area contributed by atoms with Crippen LogP contribution in [0.2, 0.25) is 0 Å². The van der Waals surface area contributed by atoms with Crippen LogP contribution < -0.4 is 10.2 Å². The van der Waals surface area contributed by atoms with Crippen molar-refractivity contribution in [2.24, 2.45) is 0 Å². The molecular formula is C15H22N2O3S2. The number of rotatable bonds is 5. The molecule has 0 aliphatic carbocycles. The second-order valence-electron chi connectivity index (χ2n) is 5.78. The van der Waals surface area contributed by atoms with Gasteiger partial charge in [0.2, 0.25) is 5.91 Å². The highest BCUT2D eigenvalue weighted by molar-refractivity contribution is 8.02. The van der Waals surface area contributed by atoms with Gasteiger partial charge in [0.25, 0.3) is 0 Å². The Kier molecular flexibility index (Phi) is 5.39. The molecule has 1 heterocycles. The summed E-state index contributed by atoms with van der Waals surface area (Å²) < 4.78 is 22.8. The van der Waals surface area contributed by atoms with E-state index in [1.165, 1.54) is 11.8 Å². The highest BCUT2D eigenvalue weighted by Gasteiger charge is 2.28. The van der Waals surface area contributed by atoms with Crippen molar-refractivity contribution in [3.05, 3.63) is 23.8 Å². The van der Waals surface area contributed by atoms with Crippen molar-refractivity contribution < 1.29 is 13.2 Å². The number of thioether (sulfide) groups is 1. The summed E-state index contributed by atoms with van der Waals surface area (Å²) in [5.74, 6) is 0.642. The van der Waals surface area contributed by atoms with E-state index in [0.29, 0.717) is 6.42 Å². The number of anilines is 2. The van der Waals surface area contributed by atoms with E-state index in [0.717, 1.165) is 16.9 Å². The van der Waals surface area contributed by atoms with Gasteiger partial charge in [-0.05, 0) is 37.1 Å². The predicted octanol–water partition coefficient (Wildman–Crippen LogP) is 1.92. The van der Waals surface area contributed by atoms with Crippen LogP contribution in [0.3, 0.4) is 0 Å². The SMILES string of the molecule is Cc1cc(N(C)C)ccc1NC(=O)CS[C@H]1CCS(=O)(=O)C1. The van der Waals surface area contributed by atoms with Gasteiger partial charge in [-0.1, -0.05) is 0 Å². The minimum absolute atomic E-state index is 0.0490. The molecule has 7 heteroatoms. The van der Waals surface area contributed by atoms with Crippen LogP contribution in [0.25, 0.3) is 0 Å². The van der Waals surface area contributed by atoms with Crippen molar-refractivity contribution in [2.45, 2.75) is 18.6 Å². The van der Waals surface area contributed by atoms with Gasteiger partial charge in [-0.3, -0.25) is 4.79 Å².